The molecule has 0 aromatic heterocycles. The van der Waals surface area contributed by atoms with Gasteiger partial charge in [0.15, 0.2) is 0 Å². The van der Waals surface area contributed by atoms with E-state index in [0.29, 0.717) is 29.7 Å². The average molecular weight is 399 g/mol. The number of anilines is 1. The Morgan fingerprint density at radius 1 is 1.07 bits per heavy atom. The van der Waals surface area contributed by atoms with Crippen LogP contribution in [0.2, 0.25) is 0 Å². The minimum atomic E-state index is -0.373. The van der Waals surface area contributed by atoms with Gasteiger partial charge in [-0.2, -0.15) is 0 Å². The van der Waals surface area contributed by atoms with Crippen LogP contribution in [0, 0.1) is 11.8 Å². The van der Waals surface area contributed by atoms with Crippen molar-refractivity contribution in [2.45, 2.75) is 57.9 Å². The Morgan fingerprint density at radius 2 is 1.72 bits per heavy atom. The lowest BCUT2D eigenvalue weighted by Crippen LogP contribution is -2.41. The largest absolute Gasteiger partial charge is 0.462 e. The van der Waals surface area contributed by atoms with Gasteiger partial charge in [0.25, 0.3) is 5.91 Å². The van der Waals surface area contributed by atoms with Crippen molar-refractivity contribution in [2.24, 2.45) is 11.8 Å². The van der Waals surface area contributed by atoms with Crippen LogP contribution in [0.4, 0.5) is 5.69 Å². The van der Waals surface area contributed by atoms with Gasteiger partial charge in [-0.05, 0) is 55.4 Å². The van der Waals surface area contributed by atoms with Gasteiger partial charge in [-0.3, -0.25) is 14.5 Å². The van der Waals surface area contributed by atoms with Crippen LogP contribution < -0.4 is 4.90 Å². The van der Waals surface area contributed by atoms with Gasteiger partial charge >= 0.3 is 5.97 Å². The maximum Gasteiger partial charge on any atom is 0.338 e. The number of hydrogen-bond donors (Lipinski definition) is 0. The van der Waals surface area contributed by atoms with E-state index < -0.39 is 0 Å². The number of imide groups is 1. The highest BCUT2D eigenvalue weighted by molar-refractivity contribution is 6.22. The quantitative estimate of drug-likeness (QED) is 0.417. The predicted molar refractivity (Wildman–Crippen MR) is 110 cm³/mol. The molecule has 2 aliphatic heterocycles. The maximum absolute atomic E-state index is 13.1. The van der Waals surface area contributed by atoms with Crippen molar-refractivity contribution in [3.8, 4) is 0 Å². The number of carbonyl (C=O) groups is 3. The third kappa shape index (κ3) is 4.08. The molecular formula is C23H30N2O4. The molecule has 156 valence electrons. The maximum atomic E-state index is 13.1. The number of fused-ring (bicyclic) bond motifs is 1. The van der Waals surface area contributed by atoms with Crippen LogP contribution in [0.25, 0.3) is 0 Å². The number of rotatable bonds is 6. The first-order chi connectivity index (χ1) is 14.1. The zero-order valence-electron chi connectivity index (χ0n) is 17.1. The number of esters is 1. The van der Waals surface area contributed by atoms with E-state index in [0.717, 1.165) is 25.9 Å². The highest BCUT2D eigenvalue weighted by Gasteiger charge is 2.46. The molecule has 0 radical (unpaired) electrons. The molecule has 3 aliphatic rings. The minimum Gasteiger partial charge on any atom is -0.462 e. The van der Waals surface area contributed by atoms with Crippen LogP contribution in [0.3, 0.4) is 0 Å². The Kier molecular flexibility index (Phi) is 5.99. The molecule has 1 aromatic rings. The van der Waals surface area contributed by atoms with Crippen molar-refractivity contribution in [2.75, 3.05) is 24.6 Å². The molecule has 3 fully saturated rings. The van der Waals surface area contributed by atoms with Gasteiger partial charge in [0.1, 0.15) is 0 Å². The molecule has 0 N–H and O–H groups in total. The second-order valence-electron chi connectivity index (χ2n) is 8.58. The molecule has 1 aromatic carbocycles. The van der Waals surface area contributed by atoms with Crippen molar-refractivity contribution < 1.29 is 19.1 Å². The van der Waals surface area contributed by atoms with E-state index in [1.54, 1.807) is 24.3 Å². The molecule has 0 spiro atoms. The van der Waals surface area contributed by atoms with E-state index in [1.165, 1.54) is 30.6 Å². The van der Waals surface area contributed by atoms with Crippen LogP contribution in [0.5, 0.6) is 0 Å². The number of likely N-dealkylation sites (tertiary alicyclic amines) is 1. The molecule has 6 nitrogen and oxygen atoms in total. The summed E-state index contributed by atoms with van der Waals surface area (Å²) in [6, 6.07) is 6.24. The van der Waals surface area contributed by atoms with Crippen molar-refractivity contribution in [1.29, 1.82) is 0 Å². The Labute approximate surface area is 172 Å². The Balaban J connectivity index is 1.42. The lowest BCUT2D eigenvalue weighted by Gasteiger charge is -2.23. The summed E-state index contributed by atoms with van der Waals surface area (Å²) >= 11 is 0. The highest BCUT2D eigenvalue weighted by atomic mass is 16.5. The topological polar surface area (TPSA) is 66.9 Å². The Hall–Kier alpha value is -2.21. The fourth-order valence-corrected chi connectivity index (χ4v) is 5.01. The van der Waals surface area contributed by atoms with Crippen LogP contribution in [0.1, 0.15) is 62.2 Å². The molecule has 3 atom stereocenters. The summed E-state index contributed by atoms with van der Waals surface area (Å²) < 4.78 is 5.21. The summed E-state index contributed by atoms with van der Waals surface area (Å²) in [6.45, 7) is 4.31. The molecule has 2 heterocycles. The van der Waals surface area contributed by atoms with Crippen LogP contribution in [0.15, 0.2) is 24.3 Å². The summed E-state index contributed by atoms with van der Waals surface area (Å²) in [5.74, 6) is 0.694. The standard InChI is InChI=1S/C23H30N2O4/c1-2-3-12-29-23(28)16-8-10-19(11-9-16)25-21(26)13-20(22(25)27)24-14-17-6-4-5-7-18(17)15-24/h8-11,17-18,20H,2-7,12-15H2,1H3/t17-,18+,20-/m0/s1. The second kappa shape index (κ2) is 8.66. The molecule has 2 amide bonds. The van der Waals surface area contributed by atoms with E-state index in [1.807, 2.05) is 6.92 Å². The van der Waals surface area contributed by atoms with Crippen LogP contribution in [-0.2, 0) is 14.3 Å². The first-order valence-electron chi connectivity index (χ1n) is 11.0. The lowest BCUT2D eigenvalue weighted by molar-refractivity contribution is -0.122. The van der Waals surface area contributed by atoms with Gasteiger partial charge in [-0.25, -0.2) is 9.69 Å². The summed E-state index contributed by atoms with van der Waals surface area (Å²) in [4.78, 5) is 41.3. The summed E-state index contributed by atoms with van der Waals surface area (Å²) in [6.07, 6.45) is 7.10. The fraction of sp³-hybridized carbons (Fsp3) is 0.609. The lowest BCUT2D eigenvalue weighted by atomic mass is 9.82. The number of hydrogen-bond acceptors (Lipinski definition) is 5. The van der Waals surface area contributed by atoms with E-state index in [9.17, 15) is 14.4 Å². The minimum absolute atomic E-state index is 0.132. The molecule has 1 aliphatic carbocycles. The van der Waals surface area contributed by atoms with Gasteiger partial charge in [0.2, 0.25) is 5.91 Å². The summed E-state index contributed by atoms with van der Waals surface area (Å²) in [7, 11) is 0. The van der Waals surface area contributed by atoms with Gasteiger partial charge < -0.3 is 4.74 Å². The molecule has 6 heteroatoms. The first kappa shape index (κ1) is 20.1. The number of benzene rings is 1. The van der Waals surface area contributed by atoms with Crippen molar-refractivity contribution in [3.63, 3.8) is 0 Å². The van der Waals surface area contributed by atoms with Crippen LogP contribution >= 0.6 is 0 Å². The first-order valence-corrected chi connectivity index (χ1v) is 11.0. The number of unbranched alkanes of at least 4 members (excludes halogenated alkanes) is 1. The molecule has 1 saturated carbocycles. The SMILES string of the molecule is CCCCOC(=O)c1ccc(N2C(=O)C[C@H](N3C[C@H]4CCCC[C@H]4C3)C2=O)cc1. The third-order valence-corrected chi connectivity index (χ3v) is 6.66. The zero-order valence-corrected chi connectivity index (χ0v) is 17.1. The van der Waals surface area contributed by atoms with Crippen LogP contribution in [-0.4, -0.2) is 48.4 Å². The fourth-order valence-electron chi connectivity index (χ4n) is 5.01. The monoisotopic (exact) mass is 398 g/mol. The number of amides is 2. The summed E-state index contributed by atoms with van der Waals surface area (Å²) in [5.41, 5.74) is 0.966. The van der Waals surface area contributed by atoms with Gasteiger partial charge in [0.05, 0.1) is 30.3 Å². The van der Waals surface area contributed by atoms with Gasteiger partial charge in [-0.1, -0.05) is 26.2 Å². The Morgan fingerprint density at radius 3 is 2.34 bits per heavy atom. The number of ether oxygens (including phenoxy) is 1. The number of nitrogens with zero attached hydrogens (tertiary/aromatic N) is 2. The van der Waals surface area contributed by atoms with E-state index >= 15 is 0 Å². The van der Waals surface area contributed by atoms with E-state index in [2.05, 4.69) is 4.90 Å². The van der Waals surface area contributed by atoms with Crippen molar-refractivity contribution in [1.82, 2.24) is 4.90 Å². The predicted octanol–water partition coefficient (Wildman–Crippen LogP) is 3.40. The zero-order chi connectivity index (χ0) is 20.4. The third-order valence-electron chi connectivity index (χ3n) is 6.66. The van der Waals surface area contributed by atoms with Crippen molar-refractivity contribution >= 4 is 23.5 Å². The molecule has 0 bridgehead atoms. The normalized spacial score (nSPS) is 27.3. The van der Waals surface area contributed by atoms with E-state index in [-0.39, 0.29) is 30.2 Å². The molecule has 0 unspecified atom stereocenters. The molecular weight excluding hydrogens is 368 g/mol. The van der Waals surface area contributed by atoms with Crippen molar-refractivity contribution in [3.05, 3.63) is 29.8 Å². The highest BCUT2D eigenvalue weighted by Crippen LogP contribution is 2.38. The number of carbonyl (C=O) groups excluding carboxylic acids is 3. The second-order valence-corrected chi connectivity index (χ2v) is 8.58. The molecule has 2 saturated heterocycles. The molecule has 29 heavy (non-hydrogen) atoms. The van der Waals surface area contributed by atoms with Gasteiger partial charge in [0, 0.05) is 13.1 Å². The average Bonchev–Trinajstić information content (AvgIpc) is 3.28. The Bertz CT molecular complexity index is 762. The van der Waals surface area contributed by atoms with Gasteiger partial charge in [-0.15, -0.1) is 0 Å². The summed E-state index contributed by atoms with van der Waals surface area (Å²) in [5, 5.41) is 0. The van der Waals surface area contributed by atoms with E-state index in [4.69, 9.17) is 4.74 Å². The smallest absolute Gasteiger partial charge is 0.338 e. The molecule has 4 rings (SSSR count).